The van der Waals surface area contributed by atoms with E-state index in [1.807, 2.05) is 6.07 Å². The van der Waals surface area contributed by atoms with Gasteiger partial charge in [0.2, 0.25) is 0 Å². The van der Waals surface area contributed by atoms with E-state index >= 15 is 0 Å². The number of hydrogen-bond donors (Lipinski definition) is 0. The van der Waals surface area contributed by atoms with Gasteiger partial charge >= 0.3 is 0 Å². The van der Waals surface area contributed by atoms with E-state index in [2.05, 4.69) is 246 Å². The van der Waals surface area contributed by atoms with Crippen molar-refractivity contribution in [2.24, 2.45) is 0 Å². The Morgan fingerprint density at radius 1 is 0.338 bits per heavy atom. The molecule has 0 atom stereocenters. The van der Waals surface area contributed by atoms with Gasteiger partial charge in [-0.25, -0.2) is 0 Å². The van der Waals surface area contributed by atoms with E-state index in [-0.39, 0.29) is 0 Å². The van der Waals surface area contributed by atoms with Crippen molar-refractivity contribution in [3.63, 3.8) is 0 Å². The molecule has 65 heavy (non-hydrogen) atoms. The summed E-state index contributed by atoms with van der Waals surface area (Å²) in [7, 11) is 0. The average Bonchev–Trinajstić information content (AvgIpc) is 3.93. The zero-order valence-electron chi connectivity index (χ0n) is 35.4. The van der Waals surface area contributed by atoms with E-state index in [0.717, 1.165) is 55.8 Å². The molecule has 0 bridgehead atoms. The van der Waals surface area contributed by atoms with E-state index in [4.69, 9.17) is 4.42 Å². The lowest BCUT2D eigenvalue weighted by atomic mass is 9.96. The molecular formula is C62H40N2O. The molecule has 0 N–H and O–H groups in total. The number of para-hydroxylation sites is 3. The number of fused-ring (bicyclic) bond motifs is 8. The van der Waals surface area contributed by atoms with Crippen LogP contribution in [0, 0.1) is 0 Å². The van der Waals surface area contributed by atoms with Gasteiger partial charge in [-0.2, -0.15) is 0 Å². The Bertz CT molecular complexity index is 3870. The number of hydrogen-bond acceptors (Lipinski definition) is 2. The normalized spacial score (nSPS) is 11.7. The van der Waals surface area contributed by atoms with Gasteiger partial charge in [-0.05, 0) is 122 Å². The summed E-state index contributed by atoms with van der Waals surface area (Å²) in [6.07, 6.45) is 0. The van der Waals surface area contributed by atoms with Crippen molar-refractivity contribution in [1.29, 1.82) is 0 Å². The van der Waals surface area contributed by atoms with Crippen molar-refractivity contribution < 1.29 is 4.42 Å². The molecule has 0 unspecified atom stereocenters. The standard InChI is InChI=1S/C62H40N2O/c1-2-14-46-40-47(25-24-41(46)12-1)42-26-32-48(33-27-42)63(49-34-28-44(29-35-49)52-20-11-15-43-13-3-4-16-51(43)52)59-39-38-56-55-19-7-10-23-60(55)65-62(56)61(59)45-30-36-50(37-31-45)64-57-21-8-5-17-53(57)54-18-6-9-22-58(54)64/h1-40H. The van der Waals surface area contributed by atoms with Crippen LogP contribution in [-0.4, -0.2) is 4.57 Å². The summed E-state index contributed by atoms with van der Waals surface area (Å²) in [5.74, 6) is 0. The molecule has 0 fully saturated rings. The topological polar surface area (TPSA) is 21.3 Å². The van der Waals surface area contributed by atoms with E-state index < -0.39 is 0 Å². The summed E-state index contributed by atoms with van der Waals surface area (Å²) in [5, 5.41) is 9.62. The minimum absolute atomic E-state index is 0.860. The molecule has 2 aromatic heterocycles. The van der Waals surface area contributed by atoms with Crippen molar-refractivity contribution in [3.05, 3.63) is 243 Å². The fraction of sp³-hybridized carbons (Fsp3) is 0. The Kier molecular flexibility index (Phi) is 8.53. The fourth-order valence-corrected chi connectivity index (χ4v) is 10.1. The van der Waals surface area contributed by atoms with Crippen LogP contribution in [-0.2, 0) is 0 Å². The third-order valence-electron chi connectivity index (χ3n) is 13.2. The molecule has 2 heterocycles. The SMILES string of the molecule is c1ccc2cc(-c3ccc(N(c4ccc(-c5cccc6ccccc56)cc4)c4ccc5c(oc6ccccc65)c4-c4ccc(-n5c6ccccc6c6ccccc65)cc4)cc3)ccc2c1. The second kappa shape index (κ2) is 15.0. The van der Waals surface area contributed by atoms with Crippen molar-refractivity contribution >= 4 is 82.4 Å². The maximum absolute atomic E-state index is 6.92. The van der Waals surface area contributed by atoms with Crippen LogP contribution in [0.5, 0.6) is 0 Å². The number of benzene rings is 11. The molecule has 3 heteroatoms. The first-order chi connectivity index (χ1) is 32.2. The highest BCUT2D eigenvalue weighted by Gasteiger charge is 2.24. The average molecular weight is 829 g/mol. The second-order valence-corrected chi connectivity index (χ2v) is 16.9. The Morgan fingerprint density at radius 2 is 0.892 bits per heavy atom. The Hall–Kier alpha value is -8.66. The van der Waals surface area contributed by atoms with E-state index in [1.165, 1.54) is 65.6 Å². The largest absolute Gasteiger partial charge is 0.455 e. The summed E-state index contributed by atoms with van der Waals surface area (Å²) < 4.78 is 9.29. The maximum atomic E-state index is 6.92. The number of aromatic nitrogens is 1. The summed E-state index contributed by atoms with van der Waals surface area (Å²) in [6.45, 7) is 0. The minimum atomic E-state index is 0.860. The van der Waals surface area contributed by atoms with E-state index in [9.17, 15) is 0 Å². The first-order valence-electron chi connectivity index (χ1n) is 22.2. The minimum Gasteiger partial charge on any atom is -0.455 e. The van der Waals surface area contributed by atoms with Gasteiger partial charge in [-0.3, -0.25) is 0 Å². The van der Waals surface area contributed by atoms with Crippen LogP contribution in [0.2, 0.25) is 0 Å². The molecule has 0 radical (unpaired) electrons. The van der Waals surface area contributed by atoms with Crippen LogP contribution in [0.4, 0.5) is 17.1 Å². The smallest absolute Gasteiger partial charge is 0.145 e. The van der Waals surface area contributed by atoms with Crippen molar-refractivity contribution in [1.82, 2.24) is 4.57 Å². The molecule has 0 aliphatic heterocycles. The summed E-state index contributed by atoms with van der Waals surface area (Å²) >= 11 is 0. The molecule has 13 rings (SSSR count). The Balaban J connectivity index is 1.00. The molecule has 304 valence electrons. The second-order valence-electron chi connectivity index (χ2n) is 16.9. The predicted molar refractivity (Wildman–Crippen MR) is 274 cm³/mol. The summed E-state index contributed by atoms with van der Waals surface area (Å²) in [5.41, 5.74) is 15.2. The molecule has 0 saturated heterocycles. The van der Waals surface area contributed by atoms with Crippen LogP contribution in [0.15, 0.2) is 247 Å². The highest BCUT2D eigenvalue weighted by atomic mass is 16.3. The molecule has 0 aliphatic rings. The zero-order chi connectivity index (χ0) is 42.8. The lowest BCUT2D eigenvalue weighted by Crippen LogP contribution is -2.11. The molecule has 0 aliphatic carbocycles. The Labute approximate surface area is 376 Å². The van der Waals surface area contributed by atoms with Crippen LogP contribution >= 0.6 is 0 Å². The van der Waals surface area contributed by atoms with Gasteiger partial charge in [-0.15, -0.1) is 0 Å². The summed E-state index contributed by atoms with van der Waals surface area (Å²) in [6, 6.07) is 87.7. The van der Waals surface area contributed by atoms with E-state index in [0.29, 0.717) is 0 Å². The number of rotatable bonds is 7. The van der Waals surface area contributed by atoms with Gasteiger partial charge in [-0.1, -0.05) is 170 Å². The highest BCUT2D eigenvalue weighted by molar-refractivity contribution is 6.14. The van der Waals surface area contributed by atoms with Crippen molar-refractivity contribution in [2.75, 3.05) is 4.90 Å². The molecule has 0 saturated carbocycles. The van der Waals surface area contributed by atoms with Crippen LogP contribution in [0.3, 0.4) is 0 Å². The zero-order valence-corrected chi connectivity index (χ0v) is 35.4. The molecular weight excluding hydrogens is 789 g/mol. The van der Waals surface area contributed by atoms with E-state index in [1.54, 1.807) is 0 Å². The van der Waals surface area contributed by atoms with Gasteiger partial charge in [0.1, 0.15) is 11.2 Å². The molecule has 3 nitrogen and oxygen atoms in total. The molecule has 0 spiro atoms. The van der Waals surface area contributed by atoms with Crippen molar-refractivity contribution in [2.45, 2.75) is 0 Å². The third kappa shape index (κ3) is 6.12. The Morgan fingerprint density at radius 3 is 1.62 bits per heavy atom. The van der Waals surface area contributed by atoms with Crippen LogP contribution in [0.25, 0.3) is 104 Å². The number of nitrogens with zero attached hydrogens (tertiary/aromatic N) is 2. The number of anilines is 3. The van der Waals surface area contributed by atoms with Gasteiger partial charge in [0.05, 0.1) is 16.7 Å². The molecule has 13 aromatic rings. The van der Waals surface area contributed by atoms with Gasteiger partial charge in [0, 0.05) is 44.2 Å². The van der Waals surface area contributed by atoms with Gasteiger partial charge < -0.3 is 13.9 Å². The van der Waals surface area contributed by atoms with Gasteiger partial charge in [0.25, 0.3) is 0 Å². The monoisotopic (exact) mass is 828 g/mol. The lowest BCUT2D eigenvalue weighted by molar-refractivity contribution is 0.670. The van der Waals surface area contributed by atoms with Crippen LogP contribution < -0.4 is 4.90 Å². The molecule has 11 aromatic carbocycles. The maximum Gasteiger partial charge on any atom is 0.145 e. The van der Waals surface area contributed by atoms with Crippen LogP contribution in [0.1, 0.15) is 0 Å². The molecule has 0 amide bonds. The highest BCUT2D eigenvalue weighted by Crippen LogP contribution is 2.47. The quantitative estimate of drug-likeness (QED) is 0.160. The third-order valence-corrected chi connectivity index (χ3v) is 13.2. The van der Waals surface area contributed by atoms with Crippen molar-refractivity contribution in [3.8, 4) is 39.1 Å². The lowest BCUT2D eigenvalue weighted by Gasteiger charge is -2.28. The fourth-order valence-electron chi connectivity index (χ4n) is 10.1. The first kappa shape index (κ1) is 36.9. The first-order valence-corrected chi connectivity index (χ1v) is 22.2. The predicted octanol–water partition coefficient (Wildman–Crippen LogP) is 17.5. The van der Waals surface area contributed by atoms with Gasteiger partial charge in [0.15, 0.2) is 0 Å². The summed E-state index contributed by atoms with van der Waals surface area (Å²) in [4.78, 5) is 2.39. The number of furan rings is 1.